The number of benzene rings is 1. The van der Waals surface area contributed by atoms with Crippen molar-refractivity contribution in [3.8, 4) is 6.07 Å². The first-order valence-corrected chi connectivity index (χ1v) is 6.30. The Morgan fingerprint density at radius 2 is 2.10 bits per heavy atom. The molecular formula is C15H16N2O3. The normalized spacial score (nSPS) is 11.8. The fourth-order valence-corrected chi connectivity index (χ4v) is 1.65. The van der Waals surface area contributed by atoms with E-state index in [1.54, 1.807) is 36.6 Å². The van der Waals surface area contributed by atoms with Crippen molar-refractivity contribution in [2.24, 2.45) is 0 Å². The third-order valence-electron chi connectivity index (χ3n) is 2.69. The molecule has 0 spiro atoms. The first-order valence-electron chi connectivity index (χ1n) is 6.30. The summed E-state index contributed by atoms with van der Waals surface area (Å²) in [6, 6.07) is 12.7. The SMILES string of the molecule is N#Cc1ccc(NCC(O)COCc2ccco2)cc1. The van der Waals surface area contributed by atoms with E-state index in [1.807, 2.05) is 6.07 Å². The Bertz CT molecular complexity index is 543. The van der Waals surface area contributed by atoms with Gasteiger partial charge in [-0.05, 0) is 36.4 Å². The zero-order valence-corrected chi connectivity index (χ0v) is 11.0. The molecule has 2 aromatic rings. The van der Waals surface area contributed by atoms with Crippen LogP contribution in [-0.2, 0) is 11.3 Å². The quantitative estimate of drug-likeness (QED) is 0.807. The van der Waals surface area contributed by atoms with E-state index in [0.717, 1.165) is 11.4 Å². The number of nitrogens with zero attached hydrogens (tertiary/aromatic N) is 1. The summed E-state index contributed by atoms with van der Waals surface area (Å²) in [5.74, 6) is 0.734. The number of aliphatic hydroxyl groups excluding tert-OH is 1. The number of nitrogens with one attached hydrogen (secondary N) is 1. The number of hydrogen-bond donors (Lipinski definition) is 2. The van der Waals surface area contributed by atoms with Crippen LogP contribution in [0.4, 0.5) is 5.69 Å². The summed E-state index contributed by atoms with van der Waals surface area (Å²) < 4.78 is 10.5. The highest BCUT2D eigenvalue weighted by Crippen LogP contribution is 2.09. The molecule has 1 unspecified atom stereocenters. The molecule has 2 rings (SSSR count). The van der Waals surface area contributed by atoms with Crippen molar-refractivity contribution in [3.63, 3.8) is 0 Å². The van der Waals surface area contributed by atoms with Crippen LogP contribution in [0.3, 0.4) is 0 Å². The number of ether oxygens (including phenoxy) is 1. The molecule has 0 aliphatic heterocycles. The lowest BCUT2D eigenvalue weighted by molar-refractivity contribution is 0.0282. The van der Waals surface area contributed by atoms with Gasteiger partial charge in [0, 0.05) is 12.2 Å². The molecular weight excluding hydrogens is 256 g/mol. The molecule has 0 aliphatic rings. The summed E-state index contributed by atoms with van der Waals surface area (Å²) >= 11 is 0. The minimum Gasteiger partial charge on any atom is -0.467 e. The molecule has 1 aromatic carbocycles. The van der Waals surface area contributed by atoms with Gasteiger partial charge in [0.2, 0.25) is 0 Å². The zero-order valence-electron chi connectivity index (χ0n) is 11.0. The lowest BCUT2D eigenvalue weighted by Crippen LogP contribution is -2.24. The number of hydrogen-bond acceptors (Lipinski definition) is 5. The minimum atomic E-state index is -0.611. The van der Waals surface area contributed by atoms with Gasteiger partial charge in [-0.3, -0.25) is 0 Å². The van der Waals surface area contributed by atoms with Gasteiger partial charge < -0.3 is 19.6 Å². The van der Waals surface area contributed by atoms with Crippen LogP contribution in [0, 0.1) is 11.3 Å². The van der Waals surface area contributed by atoms with Gasteiger partial charge in [-0.2, -0.15) is 5.26 Å². The van der Waals surface area contributed by atoms with Gasteiger partial charge in [-0.25, -0.2) is 0 Å². The summed E-state index contributed by atoms with van der Waals surface area (Å²) in [5, 5.41) is 21.5. The van der Waals surface area contributed by atoms with Gasteiger partial charge in [0.05, 0.1) is 30.6 Å². The summed E-state index contributed by atoms with van der Waals surface area (Å²) in [4.78, 5) is 0. The van der Waals surface area contributed by atoms with Gasteiger partial charge in [-0.1, -0.05) is 0 Å². The second kappa shape index (κ2) is 7.34. The third kappa shape index (κ3) is 4.43. The van der Waals surface area contributed by atoms with E-state index >= 15 is 0 Å². The van der Waals surface area contributed by atoms with Crippen molar-refractivity contribution in [1.82, 2.24) is 0 Å². The number of aliphatic hydroxyl groups is 1. The van der Waals surface area contributed by atoms with E-state index in [1.165, 1.54) is 0 Å². The minimum absolute atomic E-state index is 0.226. The van der Waals surface area contributed by atoms with E-state index < -0.39 is 6.10 Å². The lowest BCUT2D eigenvalue weighted by Gasteiger charge is -2.12. The van der Waals surface area contributed by atoms with Gasteiger partial charge in [0.1, 0.15) is 12.4 Å². The van der Waals surface area contributed by atoms with Crippen molar-refractivity contribution < 1.29 is 14.3 Å². The van der Waals surface area contributed by atoms with Crippen molar-refractivity contribution in [1.29, 1.82) is 5.26 Å². The highest BCUT2D eigenvalue weighted by molar-refractivity contribution is 5.47. The van der Waals surface area contributed by atoms with Crippen molar-refractivity contribution in [2.75, 3.05) is 18.5 Å². The van der Waals surface area contributed by atoms with Crippen LogP contribution in [-0.4, -0.2) is 24.4 Å². The number of nitriles is 1. The van der Waals surface area contributed by atoms with Crippen LogP contribution >= 0.6 is 0 Å². The average Bonchev–Trinajstić information content (AvgIpc) is 2.99. The van der Waals surface area contributed by atoms with Gasteiger partial charge in [0.15, 0.2) is 0 Å². The molecule has 0 aliphatic carbocycles. The van der Waals surface area contributed by atoms with Crippen LogP contribution in [0.2, 0.25) is 0 Å². The Morgan fingerprint density at radius 3 is 2.75 bits per heavy atom. The molecule has 5 nitrogen and oxygen atoms in total. The first kappa shape index (κ1) is 14.1. The van der Waals surface area contributed by atoms with E-state index in [2.05, 4.69) is 11.4 Å². The maximum absolute atomic E-state index is 9.77. The Kier molecular flexibility index (Phi) is 5.18. The second-order valence-corrected chi connectivity index (χ2v) is 4.32. The lowest BCUT2D eigenvalue weighted by atomic mass is 10.2. The predicted molar refractivity (Wildman–Crippen MR) is 74.0 cm³/mol. The summed E-state index contributed by atoms with van der Waals surface area (Å²) in [6.45, 7) is 0.953. The largest absolute Gasteiger partial charge is 0.467 e. The fourth-order valence-electron chi connectivity index (χ4n) is 1.65. The summed E-state index contributed by atoms with van der Waals surface area (Å²) in [5.41, 5.74) is 1.46. The van der Waals surface area contributed by atoms with Crippen molar-refractivity contribution in [2.45, 2.75) is 12.7 Å². The van der Waals surface area contributed by atoms with Gasteiger partial charge in [0.25, 0.3) is 0 Å². The Hall–Kier alpha value is -2.29. The van der Waals surface area contributed by atoms with Crippen LogP contribution in [0.5, 0.6) is 0 Å². The number of anilines is 1. The average molecular weight is 272 g/mol. The molecule has 0 fully saturated rings. The maximum Gasteiger partial charge on any atom is 0.129 e. The Balaban J connectivity index is 1.66. The smallest absolute Gasteiger partial charge is 0.129 e. The van der Waals surface area contributed by atoms with Crippen LogP contribution in [0.1, 0.15) is 11.3 Å². The molecule has 20 heavy (non-hydrogen) atoms. The second-order valence-electron chi connectivity index (χ2n) is 4.32. The predicted octanol–water partition coefficient (Wildman–Crippen LogP) is 2.14. The Morgan fingerprint density at radius 1 is 1.30 bits per heavy atom. The molecule has 0 radical (unpaired) electrons. The Labute approximate surface area is 117 Å². The van der Waals surface area contributed by atoms with Crippen molar-refractivity contribution >= 4 is 5.69 Å². The molecule has 1 atom stereocenters. The molecule has 2 N–H and O–H groups in total. The van der Waals surface area contributed by atoms with E-state index in [9.17, 15) is 5.11 Å². The van der Waals surface area contributed by atoms with E-state index in [4.69, 9.17) is 14.4 Å². The standard InChI is InChI=1S/C15H16N2O3/c16-8-12-3-5-13(6-4-12)17-9-14(18)10-19-11-15-2-1-7-20-15/h1-7,14,17-18H,9-11H2. The highest BCUT2D eigenvalue weighted by atomic mass is 16.5. The van der Waals surface area contributed by atoms with Gasteiger partial charge in [-0.15, -0.1) is 0 Å². The maximum atomic E-state index is 9.77. The molecule has 1 aromatic heterocycles. The van der Waals surface area contributed by atoms with Crippen molar-refractivity contribution in [3.05, 3.63) is 54.0 Å². The molecule has 0 bridgehead atoms. The monoisotopic (exact) mass is 272 g/mol. The molecule has 1 heterocycles. The third-order valence-corrected chi connectivity index (χ3v) is 2.69. The van der Waals surface area contributed by atoms with Crippen LogP contribution < -0.4 is 5.32 Å². The first-order chi connectivity index (χ1) is 9.78. The van der Waals surface area contributed by atoms with Gasteiger partial charge >= 0.3 is 0 Å². The summed E-state index contributed by atoms with van der Waals surface area (Å²) in [7, 11) is 0. The molecule has 0 amide bonds. The summed E-state index contributed by atoms with van der Waals surface area (Å²) in [6.07, 6.45) is 0.974. The number of rotatable bonds is 7. The zero-order chi connectivity index (χ0) is 14.2. The highest BCUT2D eigenvalue weighted by Gasteiger charge is 2.05. The number of furan rings is 1. The molecule has 0 saturated heterocycles. The van der Waals surface area contributed by atoms with Crippen LogP contribution in [0.25, 0.3) is 0 Å². The van der Waals surface area contributed by atoms with Crippen LogP contribution in [0.15, 0.2) is 47.1 Å². The molecule has 0 saturated carbocycles. The van der Waals surface area contributed by atoms with E-state index in [-0.39, 0.29) is 6.61 Å². The topological polar surface area (TPSA) is 78.4 Å². The molecule has 104 valence electrons. The fraction of sp³-hybridized carbons (Fsp3) is 0.267. The molecule has 5 heteroatoms. The van der Waals surface area contributed by atoms with E-state index in [0.29, 0.717) is 18.7 Å².